The molecular weight excluding hydrogens is 461 g/mol. The van der Waals surface area contributed by atoms with Crippen LogP contribution in [-0.2, 0) is 9.53 Å². The molecule has 0 radical (unpaired) electrons. The molecule has 10 heteroatoms. The standard InChI is InChI=1S/C16H24F2N4O3.HI/c1-22(2)15(23)11-21-16(19-6-8-24-3)20-7-9-25-14-5-4-12(17)10-13(14)18;/h4-5,10H,6-9,11H2,1-3H3,(H2,19,20,21);1H. The zero-order valence-electron chi connectivity index (χ0n) is 15.1. The minimum absolute atomic E-state index is 0. The molecule has 1 amide bonds. The SMILES string of the molecule is COCCNC(=NCC(=O)N(C)C)NCCOc1ccc(F)cc1F.I. The number of hydrogen-bond donors (Lipinski definition) is 2. The number of nitrogens with one attached hydrogen (secondary N) is 2. The number of amides is 1. The summed E-state index contributed by atoms with van der Waals surface area (Å²) < 4.78 is 36.5. The molecule has 1 aromatic carbocycles. The fourth-order valence-corrected chi connectivity index (χ4v) is 1.66. The number of nitrogens with zero attached hydrogens (tertiary/aromatic N) is 2. The number of methoxy groups -OCH3 is 1. The summed E-state index contributed by atoms with van der Waals surface area (Å²) in [5, 5.41) is 5.96. The van der Waals surface area contributed by atoms with E-state index in [2.05, 4.69) is 15.6 Å². The summed E-state index contributed by atoms with van der Waals surface area (Å²) >= 11 is 0. The third kappa shape index (κ3) is 9.70. The number of aliphatic imine (C=N–C) groups is 1. The third-order valence-corrected chi connectivity index (χ3v) is 3.02. The van der Waals surface area contributed by atoms with Crippen LogP contribution < -0.4 is 15.4 Å². The number of halogens is 3. The maximum absolute atomic E-state index is 13.4. The molecule has 0 bridgehead atoms. The Balaban J connectivity index is 0.00000625. The van der Waals surface area contributed by atoms with E-state index in [1.807, 2.05) is 0 Å². The quantitative estimate of drug-likeness (QED) is 0.238. The van der Waals surface area contributed by atoms with Gasteiger partial charge in [0.25, 0.3) is 0 Å². The third-order valence-electron chi connectivity index (χ3n) is 3.02. The predicted molar refractivity (Wildman–Crippen MR) is 106 cm³/mol. The zero-order chi connectivity index (χ0) is 18.7. The molecule has 0 aliphatic heterocycles. The van der Waals surface area contributed by atoms with Gasteiger partial charge in [0.2, 0.25) is 5.91 Å². The molecule has 7 nitrogen and oxygen atoms in total. The average Bonchev–Trinajstić information content (AvgIpc) is 2.57. The van der Waals surface area contributed by atoms with E-state index in [0.717, 1.165) is 12.1 Å². The Morgan fingerprint density at radius 2 is 1.85 bits per heavy atom. The van der Waals surface area contributed by atoms with Gasteiger partial charge in [0.1, 0.15) is 19.0 Å². The van der Waals surface area contributed by atoms with Gasteiger partial charge in [-0.2, -0.15) is 0 Å². The zero-order valence-corrected chi connectivity index (χ0v) is 17.4. The van der Waals surface area contributed by atoms with Crippen molar-refractivity contribution in [3.63, 3.8) is 0 Å². The number of benzene rings is 1. The van der Waals surface area contributed by atoms with Gasteiger partial charge in [-0.3, -0.25) is 4.79 Å². The van der Waals surface area contributed by atoms with E-state index in [0.29, 0.717) is 25.7 Å². The van der Waals surface area contributed by atoms with Crippen LogP contribution in [0, 0.1) is 11.6 Å². The molecule has 0 atom stereocenters. The number of guanidine groups is 1. The fourth-order valence-electron chi connectivity index (χ4n) is 1.66. The van der Waals surface area contributed by atoms with Gasteiger partial charge in [0.05, 0.1) is 13.2 Å². The van der Waals surface area contributed by atoms with Crippen LogP contribution in [0.4, 0.5) is 8.78 Å². The highest BCUT2D eigenvalue weighted by Crippen LogP contribution is 2.17. The molecule has 0 saturated heterocycles. The summed E-state index contributed by atoms with van der Waals surface area (Å²) in [6.07, 6.45) is 0. The highest BCUT2D eigenvalue weighted by Gasteiger charge is 2.06. The lowest BCUT2D eigenvalue weighted by molar-refractivity contribution is -0.127. The smallest absolute Gasteiger partial charge is 0.243 e. The molecule has 148 valence electrons. The van der Waals surface area contributed by atoms with Crippen molar-refractivity contribution in [1.29, 1.82) is 0 Å². The minimum atomic E-state index is -0.760. The first-order chi connectivity index (χ1) is 11.9. The monoisotopic (exact) mass is 486 g/mol. The second-order valence-corrected chi connectivity index (χ2v) is 5.22. The number of ether oxygens (including phenoxy) is 2. The van der Waals surface area contributed by atoms with Crippen molar-refractivity contribution in [1.82, 2.24) is 15.5 Å². The van der Waals surface area contributed by atoms with Gasteiger partial charge < -0.3 is 25.0 Å². The van der Waals surface area contributed by atoms with Crippen LogP contribution in [0.25, 0.3) is 0 Å². The lowest BCUT2D eigenvalue weighted by Crippen LogP contribution is -2.41. The second-order valence-electron chi connectivity index (χ2n) is 5.22. The van der Waals surface area contributed by atoms with Gasteiger partial charge in [0.15, 0.2) is 17.5 Å². The number of rotatable bonds is 9. The Labute approximate surface area is 169 Å². The van der Waals surface area contributed by atoms with E-state index in [4.69, 9.17) is 9.47 Å². The number of carbonyl (C=O) groups is 1. The van der Waals surface area contributed by atoms with Gasteiger partial charge >= 0.3 is 0 Å². The largest absolute Gasteiger partial charge is 0.489 e. The van der Waals surface area contributed by atoms with E-state index < -0.39 is 11.6 Å². The Morgan fingerprint density at radius 3 is 2.42 bits per heavy atom. The van der Waals surface area contributed by atoms with Crippen LogP contribution in [0.1, 0.15) is 0 Å². The number of hydrogen-bond acceptors (Lipinski definition) is 4. The fraction of sp³-hybridized carbons (Fsp3) is 0.500. The molecule has 0 heterocycles. The summed E-state index contributed by atoms with van der Waals surface area (Å²) in [6, 6.07) is 3.11. The van der Waals surface area contributed by atoms with E-state index in [1.54, 1.807) is 21.2 Å². The first-order valence-electron chi connectivity index (χ1n) is 7.73. The Kier molecular flexibility index (Phi) is 12.6. The highest BCUT2D eigenvalue weighted by atomic mass is 127. The van der Waals surface area contributed by atoms with Gasteiger partial charge in [-0.1, -0.05) is 0 Å². The van der Waals surface area contributed by atoms with Crippen molar-refractivity contribution >= 4 is 35.8 Å². The molecule has 0 spiro atoms. The van der Waals surface area contributed by atoms with Gasteiger partial charge in [-0.05, 0) is 12.1 Å². The summed E-state index contributed by atoms with van der Waals surface area (Å²) in [5.74, 6) is -1.18. The van der Waals surface area contributed by atoms with Crippen LogP contribution >= 0.6 is 24.0 Å². The molecule has 0 aromatic heterocycles. The lowest BCUT2D eigenvalue weighted by Gasteiger charge is -2.14. The first-order valence-corrected chi connectivity index (χ1v) is 7.73. The molecule has 1 rings (SSSR count). The van der Waals surface area contributed by atoms with E-state index in [-0.39, 0.29) is 48.8 Å². The summed E-state index contributed by atoms with van der Waals surface area (Å²) in [4.78, 5) is 17.2. The molecule has 0 aliphatic rings. The summed E-state index contributed by atoms with van der Waals surface area (Å²) in [6.45, 7) is 1.41. The summed E-state index contributed by atoms with van der Waals surface area (Å²) in [7, 11) is 4.87. The molecule has 0 fully saturated rings. The maximum atomic E-state index is 13.4. The van der Waals surface area contributed by atoms with Crippen LogP contribution in [0.2, 0.25) is 0 Å². The van der Waals surface area contributed by atoms with Crippen molar-refractivity contribution in [3.8, 4) is 5.75 Å². The van der Waals surface area contributed by atoms with Crippen molar-refractivity contribution in [2.45, 2.75) is 0 Å². The number of likely N-dealkylation sites (N-methyl/N-ethyl adjacent to an activating group) is 1. The Bertz CT molecular complexity index is 589. The molecule has 2 N–H and O–H groups in total. The minimum Gasteiger partial charge on any atom is -0.489 e. The molecule has 0 saturated carbocycles. The lowest BCUT2D eigenvalue weighted by atomic mass is 10.3. The maximum Gasteiger partial charge on any atom is 0.243 e. The van der Waals surface area contributed by atoms with Crippen molar-refractivity contribution in [2.75, 3.05) is 54.1 Å². The summed E-state index contributed by atoms with van der Waals surface area (Å²) in [5.41, 5.74) is 0. The topological polar surface area (TPSA) is 75.2 Å². The van der Waals surface area contributed by atoms with Crippen LogP contribution in [0.3, 0.4) is 0 Å². The van der Waals surface area contributed by atoms with Crippen molar-refractivity contribution < 1.29 is 23.0 Å². The number of carbonyl (C=O) groups excluding carboxylic acids is 1. The first kappa shape index (κ1) is 24.3. The Morgan fingerprint density at radius 1 is 1.19 bits per heavy atom. The highest BCUT2D eigenvalue weighted by molar-refractivity contribution is 14.0. The van der Waals surface area contributed by atoms with Gasteiger partial charge in [-0.15, -0.1) is 24.0 Å². The second kappa shape index (κ2) is 13.5. The molecular formula is C16H25F2IN4O3. The average molecular weight is 486 g/mol. The van der Waals surface area contributed by atoms with E-state index in [9.17, 15) is 13.6 Å². The van der Waals surface area contributed by atoms with Crippen molar-refractivity contribution in [2.24, 2.45) is 4.99 Å². The van der Waals surface area contributed by atoms with Crippen molar-refractivity contribution in [3.05, 3.63) is 29.8 Å². The van der Waals surface area contributed by atoms with Crippen LogP contribution in [-0.4, -0.2) is 70.8 Å². The van der Waals surface area contributed by atoms with Crippen LogP contribution in [0.15, 0.2) is 23.2 Å². The molecule has 26 heavy (non-hydrogen) atoms. The Hall–Kier alpha value is -1.69. The van der Waals surface area contributed by atoms with Gasteiger partial charge in [0, 0.05) is 33.8 Å². The van der Waals surface area contributed by atoms with Crippen LogP contribution in [0.5, 0.6) is 5.75 Å². The molecule has 0 unspecified atom stereocenters. The van der Waals surface area contributed by atoms with E-state index >= 15 is 0 Å². The predicted octanol–water partition coefficient (Wildman–Crippen LogP) is 1.23. The van der Waals surface area contributed by atoms with Gasteiger partial charge in [-0.25, -0.2) is 13.8 Å². The normalized spacial score (nSPS) is 10.7. The van der Waals surface area contributed by atoms with E-state index in [1.165, 1.54) is 11.0 Å². The molecule has 0 aliphatic carbocycles. The molecule has 1 aromatic rings.